The van der Waals surface area contributed by atoms with E-state index in [2.05, 4.69) is 20.9 Å². The summed E-state index contributed by atoms with van der Waals surface area (Å²) in [5, 5.41) is 11.5. The Morgan fingerprint density at radius 3 is 2.56 bits per heavy atom. The number of ketones is 1. The molecule has 0 saturated carbocycles. The molecule has 2 aromatic carbocycles. The lowest BCUT2D eigenvalue weighted by molar-refractivity contribution is -0.130. The molecule has 32 heavy (non-hydrogen) atoms. The Morgan fingerprint density at radius 1 is 1.06 bits per heavy atom. The van der Waals surface area contributed by atoms with Gasteiger partial charge in [-0.15, -0.1) is 0 Å². The molecule has 0 aliphatic carbocycles. The summed E-state index contributed by atoms with van der Waals surface area (Å²) in [6.45, 7) is 0.217. The highest BCUT2D eigenvalue weighted by Gasteiger charge is 2.44. The molecule has 1 aliphatic heterocycles. The summed E-state index contributed by atoms with van der Waals surface area (Å²) in [6, 6.07) is 19.1. The van der Waals surface area contributed by atoms with Gasteiger partial charge in [-0.25, -0.2) is 0 Å². The fourth-order valence-corrected chi connectivity index (χ4v) is 4.35. The normalized spacial score (nSPS) is 16.2. The van der Waals surface area contributed by atoms with Crippen molar-refractivity contribution in [1.82, 2.24) is 9.88 Å². The molecule has 1 unspecified atom stereocenters. The van der Waals surface area contributed by atoms with Crippen molar-refractivity contribution < 1.29 is 19.1 Å². The van der Waals surface area contributed by atoms with E-state index in [0.717, 1.165) is 21.0 Å². The number of fused-ring (bicyclic) bond motifs is 1. The van der Waals surface area contributed by atoms with Crippen molar-refractivity contribution in [3.8, 4) is 0 Å². The first kappa shape index (κ1) is 20.2. The van der Waals surface area contributed by atoms with E-state index >= 15 is 0 Å². The van der Waals surface area contributed by atoms with Gasteiger partial charge < -0.3 is 14.4 Å². The number of nitrogens with zero attached hydrogens (tertiary/aromatic N) is 2. The highest BCUT2D eigenvalue weighted by atomic mass is 79.9. The van der Waals surface area contributed by atoms with Crippen molar-refractivity contribution in [3.63, 3.8) is 0 Å². The maximum Gasteiger partial charge on any atom is 0.290 e. The van der Waals surface area contributed by atoms with Crippen LogP contribution >= 0.6 is 15.9 Å². The lowest BCUT2D eigenvalue weighted by Crippen LogP contribution is -2.30. The second-order valence-electron chi connectivity index (χ2n) is 7.49. The summed E-state index contributed by atoms with van der Waals surface area (Å²) in [7, 11) is 0. The summed E-state index contributed by atoms with van der Waals surface area (Å²) in [4.78, 5) is 32.1. The largest absolute Gasteiger partial charge is 0.503 e. The predicted molar refractivity (Wildman–Crippen MR) is 122 cm³/mol. The number of aliphatic hydroxyl groups excluding tert-OH is 1. The average molecular weight is 489 g/mol. The zero-order valence-corrected chi connectivity index (χ0v) is 18.3. The minimum atomic E-state index is -0.746. The van der Waals surface area contributed by atoms with Gasteiger partial charge in [0.2, 0.25) is 5.78 Å². The molecule has 0 saturated heterocycles. The van der Waals surface area contributed by atoms with E-state index < -0.39 is 23.5 Å². The molecule has 5 rings (SSSR count). The number of rotatable bonds is 5. The first-order valence-electron chi connectivity index (χ1n) is 9.94. The highest BCUT2D eigenvalue weighted by molar-refractivity contribution is 9.10. The number of hydrogen-bond donors (Lipinski definition) is 1. The summed E-state index contributed by atoms with van der Waals surface area (Å²) >= 11 is 3.41. The predicted octanol–water partition coefficient (Wildman–Crippen LogP) is 5.37. The van der Waals surface area contributed by atoms with Gasteiger partial charge in [-0.05, 0) is 47.5 Å². The van der Waals surface area contributed by atoms with Crippen LogP contribution in [0.25, 0.3) is 11.0 Å². The number of halogens is 1. The fourth-order valence-electron chi connectivity index (χ4n) is 3.97. The van der Waals surface area contributed by atoms with Crippen LogP contribution in [0.5, 0.6) is 0 Å². The van der Waals surface area contributed by atoms with Crippen molar-refractivity contribution in [1.29, 1.82) is 0 Å². The van der Waals surface area contributed by atoms with Gasteiger partial charge in [-0.1, -0.05) is 46.3 Å². The number of pyridine rings is 1. The number of furan rings is 1. The van der Waals surface area contributed by atoms with E-state index in [0.29, 0.717) is 5.58 Å². The maximum absolute atomic E-state index is 13.5. The Morgan fingerprint density at radius 2 is 1.81 bits per heavy atom. The Hall–Kier alpha value is -3.71. The molecule has 0 radical (unpaired) electrons. The second kappa shape index (κ2) is 8.09. The number of carbonyl (C=O) groups excluding carboxylic acids is 2. The topological polar surface area (TPSA) is 83.6 Å². The Kier molecular flexibility index (Phi) is 5.11. The van der Waals surface area contributed by atoms with Gasteiger partial charge in [0, 0.05) is 28.8 Å². The smallest absolute Gasteiger partial charge is 0.290 e. The van der Waals surface area contributed by atoms with E-state index in [1.165, 1.54) is 4.90 Å². The van der Waals surface area contributed by atoms with Crippen LogP contribution in [0, 0.1) is 0 Å². The van der Waals surface area contributed by atoms with Gasteiger partial charge in [0.1, 0.15) is 5.58 Å². The Balaban J connectivity index is 1.59. The quantitative estimate of drug-likeness (QED) is 0.381. The minimum Gasteiger partial charge on any atom is -0.503 e. The molecule has 0 spiro atoms. The van der Waals surface area contributed by atoms with Gasteiger partial charge in [-0.2, -0.15) is 0 Å². The summed E-state index contributed by atoms with van der Waals surface area (Å²) in [5.41, 5.74) is 2.12. The number of carbonyl (C=O) groups is 2. The molecule has 1 N–H and O–H groups in total. The average Bonchev–Trinajstić information content (AvgIpc) is 3.34. The van der Waals surface area contributed by atoms with Crippen LogP contribution in [0.4, 0.5) is 0 Å². The highest BCUT2D eigenvalue weighted by Crippen LogP contribution is 2.40. The van der Waals surface area contributed by atoms with Crippen molar-refractivity contribution in [2.75, 3.05) is 0 Å². The molecular weight excluding hydrogens is 472 g/mol. The standard InChI is InChI=1S/C25H17BrN2O4/c26-18-6-7-19-17(12-18)13-20(32-19)23(29)21-22(16-4-2-1-3-5-16)28(25(31)24(21)30)14-15-8-10-27-11-9-15/h1-13,22,30H,14H2. The Labute approximate surface area is 191 Å². The van der Waals surface area contributed by atoms with Crippen LogP contribution in [-0.2, 0) is 11.3 Å². The molecular formula is C25H17BrN2O4. The van der Waals surface area contributed by atoms with Crippen LogP contribution in [0.3, 0.4) is 0 Å². The lowest BCUT2D eigenvalue weighted by Gasteiger charge is -2.26. The molecule has 7 heteroatoms. The number of hydrogen-bond acceptors (Lipinski definition) is 5. The van der Waals surface area contributed by atoms with Crippen molar-refractivity contribution in [2.24, 2.45) is 0 Å². The number of aliphatic hydroxyl groups is 1. The van der Waals surface area contributed by atoms with Gasteiger partial charge in [0.15, 0.2) is 11.5 Å². The maximum atomic E-state index is 13.5. The molecule has 0 bridgehead atoms. The van der Waals surface area contributed by atoms with Gasteiger partial charge in [0.25, 0.3) is 5.91 Å². The van der Waals surface area contributed by atoms with Crippen molar-refractivity contribution in [3.05, 3.63) is 112 Å². The summed E-state index contributed by atoms with van der Waals surface area (Å²) < 4.78 is 6.62. The Bertz CT molecular complexity index is 1360. The zero-order valence-electron chi connectivity index (χ0n) is 16.7. The molecule has 1 atom stereocenters. The zero-order chi connectivity index (χ0) is 22.2. The molecule has 1 amide bonds. The number of Topliss-reactive ketones (excluding diaryl/α,β-unsaturated/α-hetero) is 1. The van der Waals surface area contributed by atoms with E-state index in [1.807, 2.05) is 42.5 Å². The SMILES string of the molecule is O=C(C1=C(O)C(=O)N(Cc2ccncc2)C1c1ccccc1)c1cc2cc(Br)ccc2o1. The summed E-state index contributed by atoms with van der Waals surface area (Å²) in [6.07, 6.45) is 3.28. The molecule has 3 heterocycles. The molecule has 1 aliphatic rings. The third-order valence-electron chi connectivity index (χ3n) is 5.47. The van der Waals surface area contributed by atoms with Gasteiger partial charge >= 0.3 is 0 Å². The van der Waals surface area contributed by atoms with Crippen molar-refractivity contribution >= 4 is 38.6 Å². The first-order chi connectivity index (χ1) is 15.5. The first-order valence-corrected chi connectivity index (χ1v) is 10.7. The molecule has 158 valence electrons. The van der Waals surface area contributed by atoms with E-state index in [-0.39, 0.29) is 17.9 Å². The van der Waals surface area contributed by atoms with Crippen LogP contribution in [0.15, 0.2) is 99.3 Å². The number of amides is 1. The van der Waals surface area contributed by atoms with E-state index in [1.54, 1.807) is 36.7 Å². The summed E-state index contributed by atoms with van der Waals surface area (Å²) in [5.74, 6) is -1.61. The van der Waals surface area contributed by atoms with Crippen LogP contribution in [-0.4, -0.2) is 26.7 Å². The number of benzene rings is 2. The molecule has 6 nitrogen and oxygen atoms in total. The third kappa shape index (κ3) is 3.50. The van der Waals surface area contributed by atoms with Gasteiger partial charge in [-0.3, -0.25) is 14.6 Å². The third-order valence-corrected chi connectivity index (χ3v) is 5.96. The fraction of sp³-hybridized carbons (Fsp3) is 0.0800. The van der Waals surface area contributed by atoms with Crippen molar-refractivity contribution in [2.45, 2.75) is 12.6 Å². The van der Waals surface area contributed by atoms with Crippen LogP contribution in [0.2, 0.25) is 0 Å². The van der Waals surface area contributed by atoms with Crippen LogP contribution < -0.4 is 0 Å². The van der Waals surface area contributed by atoms with E-state index in [4.69, 9.17) is 4.42 Å². The molecule has 4 aromatic rings. The minimum absolute atomic E-state index is 0.00776. The molecule has 2 aromatic heterocycles. The van der Waals surface area contributed by atoms with Gasteiger partial charge in [0.05, 0.1) is 11.6 Å². The lowest BCUT2D eigenvalue weighted by atomic mass is 9.95. The second-order valence-corrected chi connectivity index (χ2v) is 8.40. The monoisotopic (exact) mass is 488 g/mol. The number of aromatic nitrogens is 1. The molecule has 0 fully saturated rings. The van der Waals surface area contributed by atoms with E-state index in [9.17, 15) is 14.7 Å². The van der Waals surface area contributed by atoms with Crippen LogP contribution in [0.1, 0.15) is 27.7 Å².